The SMILES string of the molecule is CCc1nc2c(C(C#N)(CC)C(=O)OC)cc(OC)cc2n(-c2ccc(C)cc2)c1=O. The molecule has 0 bridgehead atoms. The van der Waals surface area contributed by atoms with Crippen LogP contribution in [0.2, 0.25) is 0 Å². The van der Waals surface area contributed by atoms with Crippen molar-refractivity contribution in [3.63, 3.8) is 0 Å². The molecule has 3 aromatic rings. The molecule has 0 radical (unpaired) electrons. The van der Waals surface area contributed by atoms with Crippen LogP contribution in [0.4, 0.5) is 0 Å². The second-order valence-electron chi connectivity index (χ2n) is 7.29. The minimum atomic E-state index is -1.59. The van der Waals surface area contributed by atoms with Gasteiger partial charge in [-0.25, -0.2) is 9.78 Å². The van der Waals surface area contributed by atoms with Gasteiger partial charge in [-0.05, 0) is 38.0 Å². The van der Waals surface area contributed by atoms with E-state index in [1.807, 2.05) is 38.1 Å². The minimum absolute atomic E-state index is 0.172. The molecule has 0 saturated heterocycles. The molecule has 0 fully saturated rings. The van der Waals surface area contributed by atoms with Gasteiger partial charge in [0.15, 0.2) is 5.41 Å². The van der Waals surface area contributed by atoms with Gasteiger partial charge in [0.05, 0.1) is 31.3 Å². The predicted molar refractivity (Wildman–Crippen MR) is 118 cm³/mol. The van der Waals surface area contributed by atoms with E-state index < -0.39 is 11.4 Å². The number of carbonyl (C=O) groups excluding carboxylic acids is 1. The van der Waals surface area contributed by atoms with Crippen molar-refractivity contribution in [2.24, 2.45) is 0 Å². The molecule has 1 aromatic heterocycles. The molecular formula is C24H25N3O4. The first-order valence-electron chi connectivity index (χ1n) is 10.1. The number of aryl methyl sites for hydroxylation is 2. The van der Waals surface area contributed by atoms with Crippen LogP contribution in [0.25, 0.3) is 16.7 Å². The Kier molecular flexibility index (Phi) is 6.11. The van der Waals surface area contributed by atoms with Gasteiger partial charge >= 0.3 is 5.97 Å². The monoisotopic (exact) mass is 419 g/mol. The Bertz CT molecular complexity index is 1240. The number of nitriles is 1. The number of methoxy groups -OCH3 is 2. The summed E-state index contributed by atoms with van der Waals surface area (Å²) in [6, 6.07) is 13.0. The Morgan fingerprint density at radius 2 is 1.87 bits per heavy atom. The Hall–Kier alpha value is -3.66. The maximum absolute atomic E-state index is 13.3. The average Bonchev–Trinajstić information content (AvgIpc) is 2.80. The van der Waals surface area contributed by atoms with Crippen LogP contribution in [0.15, 0.2) is 41.2 Å². The number of hydrogen-bond donors (Lipinski definition) is 0. The molecule has 0 aliphatic carbocycles. The molecule has 0 aliphatic rings. The lowest BCUT2D eigenvalue weighted by molar-refractivity contribution is -0.145. The lowest BCUT2D eigenvalue weighted by Gasteiger charge is -2.25. The van der Waals surface area contributed by atoms with Crippen LogP contribution in [-0.2, 0) is 21.4 Å². The van der Waals surface area contributed by atoms with Gasteiger partial charge in [-0.1, -0.05) is 31.5 Å². The standard InChI is InChI=1S/C24H25N3O4/c1-6-19-22(28)27(16-10-8-15(3)9-11-16)20-13-17(30-4)12-18(21(20)26-19)24(7-2,14-25)23(29)31-5/h8-13H,6-7H2,1-5H3. The fraction of sp³-hybridized carbons (Fsp3) is 0.333. The second kappa shape index (κ2) is 8.60. The fourth-order valence-electron chi connectivity index (χ4n) is 3.73. The quantitative estimate of drug-likeness (QED) is 0.567. The van der Waals surface area contributed by atoms with Gasteiger partial charge in [-0.15, -0.1) is 0 Å². The number of rotatable bonds is 6. The van der Waals surface area contributed by atoms with E-state index in [4.69, 9.17) is 9.47 Å². The third kappa shape index (κ3) is 3.55. The molecular weight excluding hydrogens is 394 g/mol. The molecule has 7 nitrogen and oxygen atoms in total. The normalized spacial score (nSPS) is 12.8. The summed E-state index contributed by atoms with van der Waals surface area (Å²) in [6.07, 6.45) is 0.571. The molecule has 0 N–H and O–H groups in total. The highest BCUT2D eigenvalue weighted by atomic mass is 16.5. The molecule has 1 atom stereocenters. The smallest absolute Gasteiger partial charge is 0.330 e. The molecule has 2 aromatic carbocycles. The number of esters is 1. The third-order valence-electron chi connectivity index (χ3n) is 5.58. The number of benzene rings is 2. The van der Waals surface area contributed by atoms with Crippen molar-refractivity contribution in [1.82, 2.24) is 9.55 Å². The van der Waals surface area contributed by atoms with Gasteiger partial charge in [-0.2, -0.15) is 5.26 Å². The average molecular weight is 419 g/mol. The van der Waals surface area contributed by atoms with Gasteiger partial charge in [0, 0.05) is 17.3 Å². The number of carbonyl (C=O) groups is 1. The molecule has 1 unspecified atom stereocenters. The van der Waals surface area contributed by atoms with Crippen molar-refractivity contribution in [1.29, 1.82) is 5.26 Å². The molecule has 0 aliphatic heterocycles. The van der Waals surface area contributed by atoms with Crippen molar-refractivity contribution in [3.8, 4) is 17.5 Å². The summed E-state index contributed by atoms with van der Waals surface area (Å²) < 4.78 is 12.0. The van der Waals surface area contributed by atoms with Crippen molar-refractivity contribution in [3.05, 3.63) is 63.6 Å². The summed E-state index contributed by atoms with van der Waals surface area (Å²) in [5.74, 6) is -0.272. The zero-order valence-corrected chi connectivity index (χ0v) is 18.4. The largest absolute Gasteiger partial charge is 0.497 e. The van der Waals surface area contributed by atoms with Crippen LogP contribution in [0.5, 0.6) is 5.75 Å². The van der Waals surface area contributed by atoms with Gasteiger partial charge in [-0.3, -0.25) is 9.36 Å². The molecule has 0 amide bonds. The fourth-order valence-corrected chi connectivity index (χ4v) is 3.73. The van der Waals surface area contributed by atoms with E-state index in [0.717, 1.165) is 5.56 Å². The number of fused-ring (bicyclic) bond motifs is 1. The van der Waals surface area contributed by atoms with Crippen LogP contribution >= 0.6 is 0 Å². The van der Waals surface area contributed by atoms with Crippen LogP contribution < -0.4 is 10.3 Å². The molecule has 1 heterocycles. The van der Waals surface area contributed by atoms with E-state index in [1.54, 1.807) is 23.6 Å². The summed E-state index contributed by atoms with van der Waals surface area (Å²) >= 11 is 0. The number of nitrogens with zero attached hydrogens (tertiary/aromatic N) is 3. The van der Waals surface area contributed by atoms with E-state index in [2.05, 4.69) is 11.1 Å². The van der Waals surface area contributed by atoms with Gasteiger partial charge < -0.3 is 9.47 Å². The summed E-state index contributed by atoms with van der Waals surface area (Å²) in [4.78, 5) is 30.7. The van der Waals surface area contributed by atoms with Crippen molar-refractivity contribution < 1.29 is 14.3 Å². The van der Waals surface area contributed by atoms with E-state index >= 15 is 0 Å². The van der Waals surface area contributed by atoms with Crippen LogP contribution in [0.3, 0.4) is 0 Å². The highest BCUT2D eigenvalue weighted by molar-refractivity contribution is 5.94. The van der Waals surface area contributed by atoms with Crippen molar-refractivity contribution in [2.75, 3.05) is 14.2 Å². The van der Waals surface area contributed by atoms with E-state index in [-0.39, 0.29) is 12.0 Å². The summed E-state index contributed by atoms with van der Waals surface area (Å²) in [6.45, 7) is 5.55. The highest BCUT2D eigenvalue weighted by Gasteiger charge is 2.43. The molecule has 7 heteroatoms. The van der Waals surface area contributed by atoms with Crippen LogP contribution in [0, 0.1) is 18.3 Å². The van der Waals surface area contributed by atoms with Crippen LogP contribution in [0.1, 0.15) is 37.1 Å². The second-order valence-corrected chi connectivity index (χ2v) is 7.29. The summed E-state index contributed by atoms with van der Waals surface area (Å²) in [7, 11) is 2.74. The molecule has 0 saturated carbocycles. The first kappa shape index (κ1) is 22.0. The highest BCUT2D eigenvalue weighted by Crippen LogP contribution is 2.37. The zero-order chi connectivity index (χ0) is 22.8. The predicted octanol–water partition coefficient (Wildman–Crippen LogP) is 3.61. The number of hydrogen-bond acceptors (Lipinski definition) is 6. The Morgan fingerprint density at radius 3 is 2.39 bits per heavy atom. The minimum Gasteiger partial charge on any atom is -0.497 e. The molecule has 160 valence electrons. The molecule has 31 heavy (non-hydrogen) atoms. The summed E-state index contributed by atoms with van der Waals surface area (Å²) in [5.41, 5.74) is 1.42. The van der Waals surface area contributed by atoms with E-state index in [1.165, 1.54) is 14.2 Å². The number of aromatic nitrogens is 2. The maximum atomic E-state index is 13.3. The van der Waals surface area contributed by atoms with Gasteiger partial charge in [0.1, 0.15) is 11.4 Å². The maximum Gasteiger partial charge on any atom is 0.330 e. The zero-order valence-electron chi connectivity index (χ0n) is 18.4. The van der Waals surface area contributed by atoms with Gasteiger partial charge in [0.25, 0.3) is 5.56 Å². The van der Waals surface area contributed by atoms with Gasteiger partial charge in [0.2, 0.25) is 0 Å². The first-order chi connectivity index (χ1) is 14.9. The van der Waals surface area contributed by atoms with Crippen LogP contribution in [-0.4, -0.2) is 29.7 Å². The summed E-state index contributed by atoms with van der Waals surface area (Å²) in [5, 5.41) is 10.1. The van der Waals surface area contributed by atoms with E-state index in [0.29, 0.717) is 40.1 Å². The Labute approximate surface area is 180 Å². The molecule has 3 rings (SSSR count). The van der Waals surface area contributed by atoms with Crippen molar-refractivity contribution in [2.45, 2.75) is 39.0 Å². The van der Waals surface area contributed by atoms with E-state index in [9.17, 15) is 14.9 Å². The first-order valence-corrected chi connectivity index (χ1v) is 10.1. The number of ether oxygens (including phenoxy) is 2. The lowest BCUT2D eigenvalue weighted by atomic mass is 9.78. The molecule has 0 spiro atoms. The topological polar surface area (TPSA) is 94.2 Å². The lowest BCUT2D eigenvalue weighted by Crippen LogP contribution is -2.36. The Balaban J connectivity index is 2.56. The third-order valence-corrected chi connectivity index (χ3v) is 5.58. The Morgan fingerprint density at radius 1 is 1.19 bits per heavy atom. The van der Waals surface area contributed by atoms with Crippen molar-refractivity contribution >= 4 is 17.0 Å².